The molecule has 4 rings (SSSR count). The van der Waals surface area contributed by atoms with Gasteiger partial charge in [0.05, 0.1) is 32.7 Å². The number of fused-ring (bicyclic) bond motifs is 1. The number of likely N-dealkylation sites (N-methyl/N-ethyl adjacent to an activating group) is 1. The number of hydrogen-bond acceptors (Lipinski definition) is 5. The summed E-state index contributed by atoms with van der Waals surface area (Å²) in [6.45, 7) is 5.13. The van der Waals surface area contributed by atoms with Crippen LogP contribution in [0.25, 0.3) is 11.0 Å². The Morgan fingerprint density at radius 1 is 1.36 bits per heavy atom. The lowest BCUT2D eigenvalue weighted by Gasteiger charge is -2.38. The lowest BCUT2D eigenvalue weighted by Crippen LogP contribution is -2.45. The van der Waals surface area contributed by atoms with E-state index in [-0.39, 0.29) is 17.9 Å². The van der Waals surface area contributed by atoms with Crippen LogP contribution in [0.4, 0.5) is 11.6 Å². The maximum atomic E-state index is 12.8. The maximum absolute atomic E-state index is 12.8. The first-order chi connectivity index (χ1) is 13.5. The Morgan fingerprint density at radius 3 is 2.86 bits per heavy atom. The van der Waals surface area contributed by atoms with Gasteiger partial charge >= 0.3 is 0 Å². The number of aromatic nitrogens is 2. The van der Waals surface area contributed by atoms with Crippen molar-refractivity contribution in [2.75, 3.05) is 30.8 Å². The minimum absolute atomic E-state index is 0.191. The quantitative estimate of drug-likeness (QED) is 0.624. The zero-order valence-corrected chi connectivity index (χ0v) is 16.7. The molecular formula is C19H18ClN5O2S. The molecule has 1 aliphatic heterocycles. The molecule has 2 N–H and O–H groups in total. The number of para-hydroxylation sites is 1. The first-order valence-corrected chi connectivity index (χ1v) is 9.90. The monoisotopic (exact) mass is 415 g/mol. The largest absolute Gasteiger partial charge is 0.322 e. The standard InChI is InChI=1S/C19H18ClN5O2S/c1-3-16(26)21-11-7-15(28-10-11)18(27)23-19-22-14-6-4-5-13(20)17(14)25(19)12-8-24(2)9-12/h3-7,10,12H,1,8-9H2,2H3,(H,21,26)(H,22,23,27). The smallest absolute Gasteiger partial charge is 0.268 e. The van der Waals surface area contributed by atoms with Gasteiger partial charge in [-0.25, -0.2) is 4.98 Å². The Morgan fingerprint density at radius 2 is 2.14 bits per heavy atom. The number of halogens is 1. The Balaban J connectivity index is 1.63. The summed E-state index contributed by atoms with van der Waals surface area (Å²) in [4.78, 5) is 31.4. The van der Waals surface area contributed by atoms with Crippen molar-refractivity contribution in [3.63, 3.8) is 0 Å². The SMILES string of the molecule is C=CC(=O)Nc1csc(C(=O)Nc2nc3cccc(Cl)c3n2C2CN(C)C2)c1. The molecule has 0 atom stereocenters. The van der Waals surface area contributed by atoms with Gasteiger partial charge in [0, 0.05) is 18.5 Å². The van der Waals surface area contributed by atoms with Crippen molar-refractivity contribution in [2.24, 2.45) is 0 Å². The number of rotatable bonds is 5. The van der Waals surface area contributed by atoms with E-state index in [1.807, 2.05) is 29.8 Å². The highest BCUT2D eigenvalue weighted by Gasteiger charge is 2.30. The summed E-state index contributed by atoms with van der Waals surface area (Å²) in [6.07, 6.45) is 1.18. The van der Waals surface area contributed by atoms with Gasteiger partial charge in [-0.05, 0) is 31.3 Å². The third-order valence-corrected chi connectivity index (χ3v) is 5.81. The Hall–Kier alpha value is -2.68. The number of imidazole rings is 1. The molecule has 1 saturated heterocycles. The Kier molecular flexibility index (Phi) is 4.92. The van der Waals surface area contributed by atoms with E-state index in [4.69, 9.17) is 11.6 Å². The highest BCUT2D eigenvalue weighted by atomic mass is 35.5. The van der Waals surface area contributed by atoms with Crippen LogP contribution in [0.3, 0.4) is 0 Å². The molecule has 3 aromatic rings. The fraction of sp³-hybridized carbons (Fsp3) is 0.211. The topological polar surface area (TPSA) is 79.3 Å². The predicted octanol–water partition coefficient (Wildman–Crippen LogP) is 3.61. The highest BCUT2D eigenvalue weighted by molar-refractivity contribution is 7.12. The van der Waals surface area contributed by atoms with E-state index < -0.39 is 0 Å². The minimum atomic E-state index is -0.324. The van der Waals surface area contributed by atoms with Crippen LogP contribution < -0.4 is 10.6 Å². The van der Waals surface area contributed by atoms with E-state index >= 15 is 0 Å². The van der Waals surface area contributed by atoms with Crippen LogP contribution >= 0.6 is 22.9 Å². The zero-order chi connectivity index (χ0) is 19.8. The van der Waals surface area contributed by atoms with E-state index in [1.54, 1.807) is 11.4 Å². The van der Waals surface area contributed by atoms with Crippen LogP contribution in [-0.2, 0) is 4.79 Å². The molecule has 0 saturated carbocycles. The van der Waals surface area contributed by atoms with Crippen molar-refractivity contribution in [2.45, 2.75) is 6.04 Å². The number of anilines is 2. The molecule has 3 heterocycles. The summed E-state index contributed by atoms with van der Waals surface area (Å²) >= 11 is 7.66. The summed E-state index contributed by atoms with van der Waals surface area (Å²) in [5, 5.41) is 7.85. The Labute approximate surface area is 170 Å². The molecule has 0 radical (unpaired) electrons. The van der Waals surface area contributed by atoms with Crippen molar-refractivity contribution >= 4 is 57.4 Å². The first-order valence-electron chi connectivity index (χ1n) is 8.64. The van der Waals surface area contributed by atoms with Crippen LogP contribution in [0.2, 0.25) is 5.02 Å². The molecule has 1 aliphatic rings. The lowest BCUT2D eigenvalue weighted by molar-refractivity contribution is -0.111. The van der Waals surface area contributed by atoms with Gasteiger partial charge in [-0.2, -0.15) is 0 Å². The molecule has 0 bridgehead atoms. The molecule has 1 aromatic carbocycles. The summed E-state index contributed by atoms with van der Waals surface area (Å²) in [5.74, 6) is -0.143. The minimum Gasteiger partial charge on any atom is -0.322 e. The molecule has 7 nitrogen and oxygen atoms in total. The number of carbonyl (C=O) groups excluding carboxylic acids is 2. The van der Waals surface area contributed by atoms with Crippen LogP contribution in [0.5, 0.6) is 0 Å². The van der Waals surface area contributed by atoms with Crippen molar-refractivity contribution in [3.05, 3.63) is 52.2 Å². The summed E-state index contributed by atoms with van der Waals surface area (Å²) < 4.78 is 2.00. The number of hydrogen-bond donors (Lipinski definition) is 2. The third-order valence-electron chi connectivity index (χ3n) is 4.57. The normalized spacial score (nSPS) is 14.6. The van der Waals surface area contributed by atoms with Crippen molar-refractivity contribution in [1.82, 2.24) is 14.5 Å². The summed E-state index contributed by atoms with van der Waals surface area (Å²) in [6, 6.07) is 7.36. The maximum Gasteiger partial charge on any atom is 0.268 e. The number of thiophene rings is 1. The molecule has 9 heteroatoms. The Bertz CT molecular complexity index is 1080. The first kappa shape index (κ1) is 18.7. The molecule has 144 valence electrons. The number of nitrogens with one attached hydrogen (secondary N) is 2. The third kappa shape index (κ3) is 3.42. The molecular weight excluding hydrogens is 398 g/mol. The van der Waals surface area contributed by atoms with E-state index in [2.05, 4.69) is 27.1 Å². The van der Waals surface area contributed by atoms with E-state index in [1.165, 1.54) is 17.4 Å². The number of benzene rings is 1. The predicted molar refractivity (Wildman–Crippen MR) is 112 cm³/mol. The van der Waals surface area contributed by atoms with Gasteiger partial charge in [0.2, 0.25) is 11.9 Å². The van der Waals surface area contributed by atoms with Crippen LogP contribution in [-0.4, -0.2) is 46.4 Å². The van der Waals surface area contributed by atoms with Crippen LogP contribution in [0, 0.1) is 0 Å². The fourth-order valence-electron chi connectivity index (χ4n) is 3.26. The fourth-order valence-corrected chi connectivity index (χ4v) is 4.25. The second-order valence-electron chi connectivity index (χ2n) is 6.64. The van der Waals surface area contributed by atoms with E-state index in [0.29, 0.717) is 21.5 Å². The number of carbonyl (C=O) groups is 2. The number of amides is 2. The molecule has 28 heavy (non-hydrogen) atoms. The molecule has 0 aliphatic carbocycles. The van der Waals surface area contributed by atoms with Crippen LogP contribution in [0.15, 0.2) is 42.3 Å². The van der Waals surface area contributed by atoms with Gasteiger partial charge in [0.25, 0.3) is 5.91 Å². The van der Waals surface area contributed by atoms with Crippen molar-refractivity contribution < 1.29 is 9.59 Å². The summed E-state index contributed by atoms with van der Waals surface area (Å²) in [7, 11) is 2.04. The molecule has 2 aromatic heterocycles. The van der Waals surface area contributed by atoms with Crippen LogP contribution in [0.1, 0.15) is 15.7 Å². The van der Waals surface area contributed by atoms with Gasteiger partial charge in [0.1, 0.15) is 0 Å². The second-order valence-corrected chi connectivity index (χ2v) is 7.95. The number of likely N-dealkylation sites (tertiary alicyclic amines) is 1. The van der Waals surface area contributed by atoms with Gasteiger partial charge in [-0.15, -0.1) is 11.3 Å². The zero-order valence-electron chi connectivity index (χ0n) is 15.1. The second kappa shape index (κ2) is 7.38. The molecule has 1 fully saturated rings. The van der Waals surface area contributed by atoms with Gasteiger partial charge < -0.3 is 14.8 Å². The lowest BCUT2D eigenvalue weighted by atomic mass is 10.1. The van der Waals surface area contributed by atoms with Crippen molar-refractivity contribution in [3.8, 4) is 0 Å². The molecule has 2 amide bonds. The molecule has 0 unspecified atom stereocenters. The average Bonchev–Trinajstić information content (AvgIpc) is 3.24. The molecule has 0 spiro atoms. The highest BCUT2D eigenvalue weighted by Crippen LogP contribution is 2.33. The average molecular weight is 416 g/mol. The number of nitrogens with zero attached hydrogens (tertiary/aromatic N) is 3. The van der Waals surface area contributed by atoms with E-state index in [0.717, 1.165) is 24.1 Å². The van der Waals surface area contributed by atoms with Gasteiger partial charge in [0.15, 0.2) is 0 Å². The summed E-state index contributed by atoms with van der Waals surface area (Å²) in [5.41, 5.74) is 2.11. The van der Waals surface area contributed by atoms with Crippen molar-refractivity contribution in [1.29, 1.82) is 0 Å². The van der Waals surface area contributed by atoms with E-state index in [9.17, 15) is 9.59 Å². The van der Waals surface area contributed by atoms with Gasteiger partial charge in [-0.1, -0.05) is 24.2 Å². The van der Waals surface area contributed by atoms with Gasteiger partial charge in [-0.3, -0.25) is 14.9 Å².